The number of benzene rings is 1. The van der Waals surface area contributed by atoms with Crippen molar-refractivity contribution in [1.82, 2.24) is 15.8 Å². The third-order valence-corrected chi connectivity index (χ3v) is 3.32. The summed E-state index contributed by atoms with van der Waals surface area (Å²) >= 11 is 0. The van der Waals surface area contributed by atoms with Gasteiger partial charge in [-0.25, -0.2) is 8.78 Å². The first-order chi connectivity index (χ1) is 11.1. The molecular weight excluding hydrogens is 429 g/mol. The number of aromatic nitrogens is 1. The van der Waals surface area contributed by atoms with E-state index >= 15 is 0 Å². The van der Waals surface area contributed by atoms with Gasteiger partial charge in [-0.3, -0.25) is 4.99 Å². The smallest absolute Gasteiger partial charge is 0.191 e. The lowest BCUT2D eigenvalue weighted by Crippen LogP contribution is -2.37. The first-order valence-corrected chi connectivity index (χ1v) is 7.45. The predicted octanol–water partition coefficient (Wildman–Crippen LogP) is 3.04. The van der Waals surface area contributed by atoms with E-state index in [1.54, 1.807) is 7.05 Å². The molecule has 132 valence electrons. The molecule has 0 unspecified atom stereocenters. The second-order valence-electron chi connectivity index (χ2n) is 4.98. The average Bonchev–Trinajstić information content (AvgIpc) is 3.02. The van der Waals surface area contributed by atoms with E-state index in [-0.39, 0.29) is 24.0 Å². The number of nitrogens with zero attached hydrogens (tertiary/aromatic N) is 2. The summed E-state index contributed by atoms with van der Waals surface area (Å²) < 4.78 is 31.8. The predicted molar refractivity (Wildman–Crippen MR) is 99.6 cm³/mol. The van der Waals surface area contributed by atoms with Gasteiger partial charge in [0.25, 0.3) is 0 Å². The maximum atomic E-state index is 13.5. The highest BCUT2D eigenvalue weighted by Gasteiger charge is 2.06. The van der Waals surface area contributed by atoms with Gasteiger partial charge >= 0.3 is 0 Å². The summed E-state index contributed by atoms with van der Waals surface area (Å²) in [5.41, 5.74) is 1.22. The summed E-state index contributed by atoms with van der Waals surface area (Å²) in [5.74, 6) is 0.406. The molecule has 0 atom stereocenters. The van der Waals surface area contributed by atoms with E-state index in [1.807, 2.05) is 13.0 Å². The molecule has 0 aliphatic carbocycles. The Bertz CT molecular complexity index is 676. The second kappa shape index (κ2) is 10.2. The topological polar surface area (TPSA) is 62.5 Å². The summed E-state index contributed by atoms with van der Waals surface area (Å²) in [6, 6.07) is 5.32. The molecule has 0 bridgehead atoms. The van der Waals surface area contributed by atoms with Crippen LogP contribution in [0.15, 0.2) is 33.8 Å². The number of aliphatic imine (C=N–C) groups is 1. The van der Waals surface area contributed by atoms with E-state index in [2.05, 4.69) is 20.8 Å². The van der Waals surface area contributed by atoms with Gasteiger partial charge in [0.15, 0.2) is 11.7 Å². The third kappa shape index (κ3) is 6.06. The fraction of sp³-hybridized carbons (Fsp3) is 0.375. The van der Waals surface area contributed by atoms with Gasteiger partial charge in [0.05, 0.1) is 12.2 Å². The molecule has 5 nitrogen and oxygen atoms in total. The molecule has 0 fully saturated rings. The fourth-order valence-electron chi connectivity index (χ4n) is 2.05. The molecule has 2 N–H and O–H groups in total. The Morgan fingerprint density at radius 2 is 2.04 bits per heavy atom. The number of aryl methyl sites for hydroxylation is 1. The van der Waals surface area contributed by atoms with Crippen molar-refractivity contribution in [2.45, 2.75) is 26.3 Å². The van der Waals surface area contributed by atoms with Gasteiger partial charge in [0, 0.05) is 19.7 Å². The lowest BCUT2D eigenvalue weighted by atomic mass is 10.1. The van der Waals surface area contributed by atoms with Crippen LogP contribution in [0.3, 0.4) is 0 Å². The molecule has 1 aromatic carbocycles. The van der Waals surface area contributed by atoms with Crippen LogP contribution in [0.25, 0.3) is 0 Å². The molecule has 0 radical (unpaired) electrons. The van der Waals surface area contributed by atoms with Crippen molar-refractivity contribution >= 4 is 29.9 Å². The molecule has 0 aliphatic heterocycles. The quantitative estimate of drug-likeness (QED) is 0.404. The summed E-state index contributed by atoms with van der Waals surface area (Å²) in [6.07, 6.45) is 1.17. The molecular formula is C16H21F2IN4O. The van der Waals surface area contributed by atoms with Gasteiger partial charge in [-0.05, 0) is 36.6 Å². The number of hydrogen-bond acceptors (Lipinski definition) is 3. The lowest BCUT2D eigenvalue weighted by Gasteiger charge is -2.11. The fourth-order valence-corrected chi connectivity index (χ4v) is 2.05. The highest BCUT2D eigenvalue weighted by Crippen LogP contribution is 2.09. The number of halogens is 3. The molecule has 0 saturated carbocycles. The summed E-state index contributed by atoms with van der Waals surface area (Å²) in [5, 5.41) is 10.0. The Hall–Kier alpha value is -1.71. The minimum atomic E-state index is -0.444. The summed E-state index contributed by atoms with van der Waals surface area (Å²) in [7, 11) is 1.63. The first kappa shape index (κ1) is 20.3. The van der Waals surface area contributed by atoms with E-state index in [0.29, 0.717) is 36.8 Å². The maximum absolute atomic E-state index is 13.5. The highest BCUT2D eigenvalue weighted by molar-refractivity contribution is 14.0. The second-order valence-corrected chi connectivity index (χ2v) is 4.98. The van der Waals surface area contributed by atoms with Crippen LogP contribution in [0, 0.1) is 11.6 Å². The molecule has 1 aromatic heterocycles. The van der Waals surface area contributed by atoms with Crippen LogP contribution in [0.2, 0.25) is 0 Å². The zero-order valence-corrected chi connectivity index (χ0v) is 15.9. The average molecular weight is 450 g/mol. The van der Waals surface area contributed by atoms with E-state index < -0.39 is 11.6 Å². The van der Waals surface area contributed by atoms with Gasteiger partial charge in [-0.1, -0.05) is 12.1 Å². The number of guanidine groups is 1. The van der Waals surface area contributed by atoms with Gasteiger partial charge < -0.3 is 15.2 Å². The van der Waals surface area contributed by atoms with Gasteiger partial charge in [0.1, 0.15) is 11.6 Å². The van der Waals surface area contributed by atoms with Crippen molar-refractivity contribution in [3.8, 4) is 0 Å². The Morgan fingerprint density at radius 3 is 2.71 bits per heavy atom. The molecule has 1 heterocycles. The van der Waals surface area contributed by atoms with Gasteiger partial charge in [-0.15, -0.1) is 24.0 Å². The number of hydrogen-bond donors (Lipinski definition) is 2. The Balaban J connectivity index is 0.00000288. The number of rotatable bonds is 6. The molecule has 2 aromatic rings. The molecule has 0 spiro atoms. The molecule has 0 saturated heterocycles. The van der Waals surface area contributed by atoms with Crippen molar-refractivity contribution in [1.29, 1.82) is 0 Å². The zero-order valence-electron chi connectivity index (χ0n) is 13.6. The SMILES string of the molecule is CCc1cc(CNC(=NC)NCCc2cc(F)ccc2F)on1.I. The van der Waals surface area contributed by atoms with Crippen molar-refractivity contribution in [3.63, 3.8) is 0 Å². The largest absolute Gasteiger partial charge is 0.359 e. The monoisotopic (exact) mass is 450 g/mol. The van der Waals surface area contributed by atoms with Crippen LogP contribution >= 0.6 is 24.0 Å². The molecule has 0 amide bonds. The lowest BCUT2D eigenvalue weighted by molar-refractivity contribution is 0.374. The van der Waals surface area contributed by atoms with Crippen LogP contribution in [0.1, 0.15) is 23.9 Å². The van der Waals surface area contributed by atoms with Crippen molar-refractivity contribution in [2.75, 3.05) is 13.6 Å². The van der Waals surface area contributed by atoms with Crippen molar-refractivity contribution in [2.24, 2.45) is 4.99 Å². The summed E-state index contributed by atoms with van der Waals surface area (Å²) in [4.78, 5) is 4.07. The Labute approximate surface area is 156 Å². The van der Waals surface area contributed by atoms with E-state index in [0.717, 1.165) is 24.2 Å². The maximum Gasteiger partial charge on any atom is 0.191 e. The zero-order chi connectivity index (χ0) is 16.7. The van der Waals surface area contributed by atoms with Crippen LogP contribution in [0.4, 0.5) is 8.78 Å². The van der Waals surface area contributed by atoms with Crippen LogP contribution in [-0.4, -0.2) is 24.7 Å². The minimum absolute atomic E-state index is 0. The van der Waals surface area contributed by atoms with E-state index in [4.69, 9.17) is 4.52 Å². The Morgan fingerprint density at radius 1 is 1.25 bits per heavy atom. The molecule has 24 heavy (non-hydrogen) atoms. The highest BCUT2D eigenvalue weighted by atomic mass is 127. The molecule has 8 heteroatoms. The minimum Gasteiger partial charge on any atom is -0.359 e. The Kier molecular flexibility index (Phi) is 8.66. The normalized spacial score (nSPS) is 11.1. The van der Waals surface area contributed by atoms with Crippen LogP contribution < -0.4 is 10.6 Å². The molecule has 0 aliphatic rings. The number of nitrogens with one attached hydrogen (secondary N) is 2. The molecule has 2 rings (SSSR count). The van der Waals surface area contributed by atoms with E-state index in [1.165, 1.54) is 6.07 Å². The van der Waals surface area contributed by atoms with Gasteiger partial charge in [0.2, 0.25) is 0 Å². The van der Waals surface area contributed by atoms with Crippen LogP contribution in [-0.2, 0) is 19.4 Å². The van der Waals surface area contributed by atoms with Crippen molar-refractivity contribution in [3.05, 3.63) is 52.9 Å². The third-order valence-electron chi connectivity index (χ3n) is 3.32. The van der Waals surface area contributed by atoms with Crippen LogP contribution in [0.5, 0.6) is 0 Å². The summed E-state index contributed by atoms with van der Waals surface area (Å²) in [6.45, 7) is 2.87. The van der Waals surface area contributed by atoms with Crippen molar-refractivity contribution < 1.29 is 13.3 Å². The van der Waals surface area contributed by atoms with Gasteiger partial charge in [-0.2, -0.15) is 0 Å². The first-order valence-electron chi connectivity index (χ1n) is 7.45. The van der Waals surface area contributed by atoms with E-state index in [9.17, 15) is 8.78 Å². The standard InChI is InChI=1S/C16H20F2N4O.HI/c1-3-13-9-14(23-22-13)10-21-16(19-2)20-7-6-11-8-12(17)4-5-15(11)18;/h4-5,8-9H,3,6-7,10H2,1-2H3,(H2,19,20,21);1H.